The zero-order valence-electron chi connectivity index (χ0n) is 17.6. The maximum Gasteiger partial charge on any atom is 0.355 e. The molecule has 0 bridgehead atoms. The summed E-state index contributed by atoms with van der Waals surface area (Å²) in [6, 6.07) is 25.4. The molecule has 0 saturated heterocycles. The fraction of sp³-hybridized carbons (Fsp3) is 0. The number of thiophene rings is 1. The van der Waals surface area contributed by atoms with Crippen molar-refractivity contribution in [3.8, 4) is 5.75 Å². The number of esters is 1. The van der Waals surface area contributed by atoms with Crippen LogP contribution in [-0.4, -0.2) is 23.1 Å². The molecule has 2 aromatic heterocycles. The van der Waals surface area contributed by atoms with Gasteiger partial charge >= 0.3 is 5.97 Å². The molecule has 5 rings (SSSR count). The Morgan fingerprint density at radius 3 is 2.59 bits per heavy atom. The van der Waals surface area contributed by atoms with Crippen molar-refractivity contribution >= 4 is 62.0 Å². The van der Waals surface area contributed by atoms with Gasteiger partial charge in [-0.2, -0.15) is 5.10 Å². The van der Waals surface area contributed by atoms with Gasteiger partial charge in [0.1, 0.15) is 16.3 Å². The van der Waals surface area contributed by atoms with Crippen LogP contribution >= 0.6 is 22.9 Å². The number of rotatable bonds is 5. The van der Waals surface area contributed by atoms with E-state index in [9.17, 15) is 9.59 Å². The number of amides is 1. The molecule has 0 saturated carbocycles. The lowest BCUT2D eigenvalue weighted by Crippen LogP contribution is -2.19. The highest BCUT2D eigenvalue weighted by Gasteiger charge is 2.19. The summed E-state index contributed by atoms with van der Waals surface area (Å²) < 4.78 is 6.51. The maximum atomic E-state index is 12.8. The monoisotopic (exact) mass is 485 g/mol. The second kappa shape index (κ2) is 9.43. The first-order valence-corrected chi connectivity index (χ1v) is 11.5. The van der Waals surface area contributed by atoms with E-state index in [0.717, 1.165) is 21.0 Å². The molecule has 0 fully saturated rings. The third-order valence-corrected chi connectivity index (χ3v) is 6.70. The standard InChI is InChI=1S/C26H16ClN3O3S/c27-23-18-9-3-6-12-22(18)34-24(23)26(32)33-21-11-5-2-8-17(21)15-28-30-25(31)20-14-13-16-7-1-4-10-19(16)29-20/h1-15H,(H,30,31). The predicted molar refractivity (Wildman–Crippen MR) is 135 cm³/mol. The van der Waals surface area contributed by atoms with Crippen molar-refractivity contribution < 1.29 is 14.3 Å². The normalized spacial score (nSPS) is 11.2. The van der Waals surface area contributed by atoms with E-state index in [1.807, 2.05) is 54.6 Å². The van der Waals surface area contributed by atoms with Gasteiger partial charge in [-0.3, -0.25) is 4.79 Å². The Hall–Kier alpha value is -4.07. The number of hydrogen-bond donors (Lipinski definition) is 1. The van der Waals surface area contributed by atoms with Crippen molar-refractivity contribution in [1.29, 1.82) is 0 Å². The number of carbonyl (C=O) groups is 2. The van der Waals surface area contributed by atoms with Crippen molar-refractivity contribution in [2.24, 2.45) is 5.10 Å². The highest BCUT2D eigenvalue weighted by atomic mass is 35.5. The molecular weight excluding hydrogens is 470 g/mol. The molecule has 6 nitrogen and oxygen atoms in total. The maximum absolute atomic E-state index is 12.8. The number of ether oxygens (including phenoxy) is 1. The predicted octanol–water partition coefficient (Wildman–Crippen LogP) is 6.09. The molecule has 0 unspecified atom stereocenters. The molecule has 5 aromatic rings. The molecule has 3 aromatic carbocycles. The number of nitrogens with one attached hydrogen (secondary N) is 1. The van der Waals surface area contributed by atoms with Gasteiger partial charge in [0.15, 0.2) is 0 Å². The van der Waals surface area contributed by atoms with Crippen LogP contribution in [0.1, 0.15) is 25.7 Å². The van der Waals surface area contributed by atoms with Crippen LogP contribution in [0.3, 0.4) is 0 Å². The smallest absolute Gasteiger partial charge is 0.355 e. The lowest BCUT2D eigenvalue weighted by Gasteiger charge is -2.06. The van der Waals surface area contributed by atoms with Crippen LogP contribution < -0.4 is 10.2 Å². The van der Waals surface area contributed by atoms with E-state index in [0.29, 0.717) is 21.2 Å². The van der Waals surface area contributed by atoms with E-state index in [2.05, 4.69) is 15.5 Å². The molecule has 8 heteroatoms. The van der Waals surface area contributed by atoms with E-state index in [-0.39, 0.29) is 5.69 Å². The summed E-state index contributed by atoms with van der Waals surface area (Å²) in [5.74, 6) is -0.715. The largest absolute Gasteiger partial charge is 0.422 e. The Morgan fingerprint density at radius 1 is 0.941 bits per heavy atom. The molecule has 1 amide bonds. The highest BCUT2D eigenvalue weighted by molar-refractivity contribution is 7.21. The number of aromatic nitrogens is 1. The van der Waals surface area contributed by atoms with Crippen LogP contribution in [0, 0.1) is 0 Å². The van der Waals surface area contributed by atoms with E-state index in [1.54, 1.807) is 30.3 Å². The van der Waals surface area contributed by atoms with E-state index in [1.165, 1.54) is 17.6 Å². The first kappa shape index (κ1) is 21.8. The van der Waals surface area contributed by atoms with Crippen molar-refractivity contribution in [2.75, 3.05) is 0 Å². The molecule has 0 aliphatic carbocycles. The fourth-order valence-electron chi connectivity index (χ4n) is 3.38. The molecule has 2 heterocycles. The minimum Gasteiger partial charge on any atom is -0.422 e. The van der Waals surface area contributed by atoms with E-state index in [4.69, 9.17) is 16.3 Å². The number of hydrogen-bond acceptors (Lipinski definition) is 6. The molecular formula is C26H16ClN3O3S. The Labute approximate surface area is 203 Å². The quantitative estimate of drug-likeness (QED) is 0.141. The summed E-state index contributed by atoms with van der Waals surface area (Å²) in [5.41, 5.74) is 3.94. The number of fused-ring (bicyclic) bond motifs is 2. The summed E-state index contributed by atoms with van der Waals surface area (Å²) in [5, 5.41) is 6.13. The van der Waals surface area contributed by atoms with Gasteiger partial charge in [0.2, 0.25) is 0 Å². The summed E-state index contributed by atoms with van der Waals surface area (Å²) in [6.07, 6.45) is 1.41. The van der Waals surface area contributed by atoms with Gasteiger partial charge in [-0.25, -0.2) is 15.2 Å². The first-order chi connectivity index (χ1) is 16.6. The zero-order valence-corrected chi connectivity index (χ0v) is 19.1. The second-order valence-corrected chi connectivity index (χ2v) is 8.69. The van der Waals surface area contributed by atoms with Crippen LogP contribution in [0.4, 0.5) is 0 Å². The molecule has 0 radical (unpaired) electrons. The van der Waals surface area contributed by atoms with Crippen LogP contribution in [0.15, 0.2) is 90.0 Å². The van der Waals surface area contributed by atoms with E-state index >= 15 is 0 Å². The lowest BCUT2D eigenvalue weighted by atomic mass is 10.2. The third-order valence-electron chi connectivity index (χ3n) is 5.04. The van der Waals surface area contributed by atoms with Crippen molar-refractivity contribution in [3.05, 3.63) is 106 Å². The topological polar surface area (TPSA) is 80.6 Å². The number of benzene rings is 3. The van der Waals surface area contributed by atoms with Crippen molar-refractivity contribution in [3.63, 3.8) is 0 Å². The van der Waals surface area contributed by atoms with Crippen LogP contribution in [-0.2, 0) is 0 Å². The second-order valence-electron chi connectivity index (χ2n) is 7.26. The molecule has 34 heavy (non-hydrogen) atoms. The average Bonchev–Trinajstić information content (AvgIpc) is 3.21. The Balaban J connectivity index is 1.31. The third kappa shape index (κ3) is 4.39. The van der Waals surface area contributed by atoms with Crippen molar-refractivity contribution in [2.45, 2.75) is 0 Å². The molecule has 0 spiro atoms. The highest BCUT2D eigenvalue weighted by Crippen LogP contribution is 2.36. The van der Waals surface area contributed by atoms with Gasteiger partial charge < -0.3 is 4.74 Å². The van der Waals surface area contributed by atoms with Crippen LogP contribution in [0.25, 0.3) is 21.0 Å². The zero-order chi connectivity index (χ0) is 23.5. The molecule has 166 valence electrons. The Bertz CT molecular complexity index is 1580. The van der Waals surface area contributed by atoms with Gasteiger partial charge in [-0.1, -0.05) is 66.2 Å². The van der Waals surface area contributed by atoms with Gasteiger partial charge in [-0.15, -0.1) is 11.3 Å². The number of para-hydroxylation sites is 2. The first-order valence-electron chi connectivity index (χ1n) is 10.3. The summed E-state index contributed by atoms with van der Waals surface area (Å²) >= 11 is 7.67. The molecule has 0 aliphatic heterocycles. The van der Waals surface area contributed by atoms with Crippen LogP contribution in [0.2, 0.25) is 5.02 Å². The summed E-state index contributed by atoms with van der Waals surface area (Å²) in [6.45, 7) is 0. The number of carbonyl (C=O) groups excluding carboxylic acids is 2. The van der Waals surface area contributed by atoms with Gasteiger partial charge in [0, 0.05) is 21.0 Å². The number of hydrazone groups is 1. The summed E-state index contributed by atoms with van der Waals surface area (Å²) in [7, 11) is 0. The van der Waals surface area contributed by atoms with Gasteiger partial charge in [0.05, 0.1) is 16.8 Å². The molecule has 0 atom stereocenters. The number of nitrogens with zero attached hydrogens (tertiary/aromatic N) is 2. The van der Waals surface area contributed by atoms with Gasteiger partial charge in [-0.05, 0) is 30.3 Å². The minimum atomic E-state index is -0.559. The molecule has 1 N–H and O–H groups in total. The fourth-order valence-corrected chi connectivity index (χ4v) is 4.77. The molecule has 0 aliphatic rings. The Morgan fingerprint density at radius 2 is 1.71 bits per heavy atom. The van der Waals surface area contributed by atoms with E-state index < -0.39 is 11.9 Å². The lowest BCUT2D eigenvalue weighted by molar-refractivity contribution is 0.0739. The summed E-state index contributed by atoms with van der Waals surface area (Å²) in [4.78, 5) is 30.0. The SMILES string of the molecule is O=C(NN=Cc1ccccc1OC(=O)c1sc2ccccc2c1Cl)c1ccc2ccccc2n1. The number of halogens is 1. The van der Waals surface area contributed by atoms with Crippen LogP contribution in [0.5, 0.6) is 5.75 Å². The number of pyridine rings is 1. The minimum absolute atomic E-state index is 0.245. The Kier molecular flexibility index (Phi) is 6.03. The van der Waals surface area contributed by atoms with Crippen molar-refractivity contribution in [1.82, 2.24) is 10.4 Å². The average molecular weight is 486 g/mol. The van der Waals surface area contributed by atoms with Gasteiger partial charge in [0.25, 0.3) is 5.91 Å².